The SMILES string of the molecule is Cc1ccc2nc(-c3csc(Br)c3)[nH]c2c1. The fourth-order valence-corrected chi connectivity index (χ4v) is 2.84. The Bertz CT molecular complexity index is 654. The van der Waals surface area contributed by atoms with Crippen molar-refractivity contribution >= 4 is 38.3 Å². The lowest BCUT2D eigenvalue weighted by atomic mass is 10.2. The van der Waals surface area contributed by atoms with Crippen molar-refractivity contribution in [3.63, 3.8) is 0 Å². The summed E-state index contributed by atoms with van der Waals surface area (Å²) in [7, 11) is 0. The lowest BCUT2D eigenvalue weighted by Gasteiger charge is -1.89. The highest BCUT2D eigenvalue weighted by molar-refractivity contribution is 9.11. The summed E-state index contributed by atoms with van der Waals surface area (Å²) in [6, 6.07) is 8.32. The maximum Gasteiger partial charge on any atom is 0.139 e. The Morgan fingerprint density at radius 2 is 2.19 bits per heavy atom. The van der Waals surface area contributed by atoms with Crippen molar-refractivity contribution in [3.05, 3.63) is 39.0 Å². The predicted molar refractivity (Wildman–Crippen MR) is 71.8 cm³/mol. The van der Waals surface area contributed by atoms with E-state index in [-0.39, 0.29) is 0 Å². The summed E-state index contributed by atoms with van der Waals surface area (Å²) in [5.74, 6) is 0.933. The number of hydrogen-bond donors (Lipinski definition) is 1. The van der Waals surface area contributed by atoms with Gasteiger partial charge in [-0.2, -0.15) is 0 Å². The topological polar surface area (TPSA) is 28.7 Å². The van der Waals surface area contributed by atoms with Crippen LogP contribution in [0.5, 0.6) is 0 Å². The molecule has 0 atom stereocenters. The van der Waals surface area contributed by atoms with Gasteiger partial charge in [0, 0.05) is 10.9 Å². The van der Waals surface area contributed by atoms with Crippen LogP contribution in [0, 0.1) is 6.92 Å². The zero-order chi connectivity index (χ0) is 11.1. The molecule has 0 aliphatic rings. The van der Waals surface area contributed by atoms with Gasteiger partial charge in [0.15, 0.2) is 0 Å². The van der Waals surface area contributed by atoms with Crippen LogP contribution in [0.4, 0.5) is 0 Å². The minimum Gasteiger partial charge on any atom is -0.338 e. The van der Waals surface area contributed by atoms with Gasteiger partial charge in [0.25, 0.3) is 0 Å². The minimum absolute atomic E-state index is 0.933. The zero-order valence-electron chi connectivity index (χ0n) is 8.62. The fraction of sp³-hybridized carbons (Fsp3) is 0.0833. The first-order chi connectivity index (χ1) is 7.72. The van der Waals surface area contributed by atoms with Gasteiger partial charge in [-0.05, 0) is 46.6 Å². The maximum atomic E-state index is 4.57. The van der Waals surface area contributed by atoms with Crippen LogP contribution in [0.25, 0.3) is 22.4 Å². The van der Waals surface area contributed by atoms with Crippen LogP contribution in [0.1, 0.15) is 5.56 Å². The molecule has 0 saturated carbocycles. The van der Waals surface area contributed by atoms with Crippen molar-refractivity contribution in [1.82, 2.24) is 9.97 Å². The number of halogens is 1. The Kier molecular flexibility index (Phi) is 2.33. The molecule has 0 fully saturated rings. The van der Waals surface area contributed by atoms with E-state index in [1.165, 1.54) is 5.56 Å². The van der Waals surface area contributed by atoms with Gasteiger partial charge in [-0.15, -0.1) is 11.3 Å². The van der Waals surface area contributed by atoms with Gasteiger partial charge < -0.3 is 4.98 Å². The summed E-state index contributed by atoms with van der Waals surface area (Å²) in [5, 5.41) is 2.09. The second-order valence-electron chi connectivity index (χ2n) is 3.75. The monoisotopic (exact) mass is 292 g/mol. The first-order valence-corrected chi connectivity index (χ1v) is 6.60. The van der Waals surface area contributed by atoms with Crippen LogP contribution in [0.15, 0.2) is 33.4 Å². The summed E-state index contributed by atoms with van der Waals surface area (Å²) >= 11 is 5.13. The molecular formula is C12H9BrN2S. The largest absolute Gasteiger partial charge is 0.338 e. The van der Waals surface area contributed by atoms with Crippen LogP contribution in [-0.4, -0.2) is 9.97 Å². The molecule has 1 aromatic carbocycles. The van der Waals surface area contributed by atoms with Crippen LogP contribution in [0.2, 0.25) is 0 Å². The van der Waals surface area contributed by atoms with Crippen molar-refractivity contribution in [2.24, 2.45) is 0 Å². The van der Waals surface area contributed by atoms with E-state index in [2.05, 4.69) is 56.4 Å². The molecule has 0 unspecified atom stereocenters. The van der Waals surface area contributed by atoms with E-state index in [1.807, 2.05) is 6.07 Å². The number of rotatable bonds is 1. The van der Waals surface area contributed by atoms with Crippen molar-refractivity contribution in [1.29, 1.82) is 0 Å². The summed E-state index contributed by atoms with van der Waals surface area (Å²) < 4.78 is 1.12. The molecule has 1 N–H and O–H groups in total. The van der Waals surface area contributed by atoms with Crippen molar-refractivity contribution < 1.29 is 0 Å². The average Bonchev–Trinajstić information content (AvgIpc) is 2.83. The van der Waals surface area contributed by atoms with Gasteiger partial charge in [-0.3, -0.25) is 0 Å². The van der Waals surface area contributed by atoms with E-state index in [0.29, 0.717) is 0 Å². The molecule has 2 nitrogen and oxygen atoms in total. The Balaban J connectivity index is 2.18. The number of benzene rings is 1. The highest BCUT2D eigenvalue weighted by atomic mass is 79.9. The Morgan fingerprint density at radius 1 is 1.31 bits per heavy atom. The first kappa shape index (κ1) is 10.1. The number of hydrogen-bond acceptors (Lipinski definition) is 2. The van der Waals surface area contributed by atoms with Crippen molar-refractivity contribution in [2.45, 2.75) is 6.92 Å². The van der Waals surface area contributed by atoms with Crippen LogP contribution < -0.4 is 0 Å². The predicted octanol–water partition coefficient (Wildman–Crippen LogP) is 4.36. The molecule has 3 rings (SSSR count). The molecule has 2 heterocycles. The third-order valence-electron chi connectivity index (χ3n) is 2.48. The number of thiophene rings is 1. The van der Waals surface area contributed by atoms with Gasteiger partial charge in [-0.1, -0.05) is 6.07 Å². The van der Waals surface area contributed by atoms with E-state index < -0.39 is 0 Å². The molecule has 0 amide bonds. The van der Waals surface area contributed by atoms with E-state index in [9.17, 15) is 0 Å². The molecule has 0 radical (unpaired) electrons. The summed E-state index contributed by atoms with van der Waals surface area (Å²) in [6.07, 6.45) is 0. The third kappa shape index (κ3) is 1.68. The third-order valence-corrected chi connectivity index (χ3v) is 3.98. The Morgan fingerprint density at radius 3 is 2.94 bits per heavy atom. The molecule has 0 aliphatic carbocycles. The number of aromatic nitrogens is 2. The molecule has 3 aromatic rings. The van der Waals surface area contributed by atoms with Crippen molar-refractivity contribution in [3.8, 4) is 11.4 Å². The van der Waals surface area contributed by atoms with Gasteiger partial charge in [-0.25, -0.2) is 4.98 Å². The second-order valence-corrected chi connectivity index (χ2v) is 6.04. The number of aromatic amines is 1. The lowest BCUT2D eigenvalue weighted by Crippen LogP contribution is -1.74. The summed E-state index contributed by atoms with van der Waals surface area (Å²) in [4.78, 5) is 7.91. The highest BCUT2D eigenvalue weighted by Crippen LogP contribution is 2.28. The zero-order valence-corrected chi connectivity index (χ0v) is 11.0. The molecular weight excluding hydrogens is 284 g/mol. The number of nitrogens with zero attached hydrogens (tertiary/aromatic N) is 1. The van der Waals surface area contributed by atoms with Gasteiger partial charge in [0.05, 0.1) is 14.8 Å². The summed E-state index contributed by atoms with van der Waals surface area (Å²) in [5.41, 5.74) is 4.49. The van der Waals surface area contributed by atoms with E-state index in [1.54, 1.807) is 11.3 Å². The molecule has 0 aliphatic heterocycles. The highest BCUT2D eigenvalue weighted by Gasteiger charge is 2.06. The smallest absolute Gasteiger partial charge is 0.139 e. The average molecular weight is 293 g/mol. The molecule has 0 saturated heterocycles. The number of nitrogens with one attached hydrogen (secondary N) is 1. The number of aryl methyl sites for hydroxylation is 1. The number of imidazole rings is 1. The molecule has 2 aromatic heterocycles. The van der Waals surface area contributed by atoms with Crippen LogP contribution in [-0.2, 0) is 0 Å². The minimum atomic E-state index is 0.933. The van der Waals surface area contributed by atoms with Gasteiger partial charge >= 0.3 is 0 Å². The van der Waals surface area contributed by atoms with Crippen molar-refractivity contribution in [2.75, 3.05) is 0 Å². The number of fused-ring (bicyclic) bond motifs is 1. The Labute approximate surface area is 105 Å². The molecule has 0 bridgehead atoms. The maximum absolute atomic E-state index is 4.57. The molecule has 4 heteroatoms. The standard InChI is InChI=1S/C12H9BrN2S/c1-7-2-3-9-10(4-7)15-12(14-9)8-5-11(13)16-6-8/h2-6H,1H3,(H,14,15). The quantitative estimate of drug-likeness (QED) is 0.709. The van der Waals surface area contributed by atoms with Gasteiger partial charge in [0.2, 0.25) is 0 Å². The Hall–Kier alpha value is -1.13. The second kappa shape index (κ2) is 3.71. The van der Waals surface area contributed by atoms with Crippen LogP contribution >= 0.6 is 27.3 Å². The summed E-state index contributed by atoms with van der Waals surface area (Å²) in [6.45, 7) is 2.08. The number of H-pyrrole nitrogens is 1. The van der Waals surface area contributed by atoms with E-state index in [0.717, 1.165) is 26.2 Å². The van der Waals surface area contributed by atoms with E-state index >= 15 is 0 Å². The lowest BCUT2D eigenvalue weighted by molar-refractivity contribution is 1.34. The molecule has 80 valence electrons. The van der Waals surface area contributed by atoms with Gasteiger partial charge in [0.1, 0.15) is 5.82 Å². The van der Waals surface area contributed by atoms with Crippen LogP contribution in [0.3, 0.4) is 0 Å². The molecule has 0 spiro atoms. The normalized spacial score (nSPS) is 11.1. The van der Waals surface area contributed by atoms with E-state index in [4.69, 9.17) is 0 Å². The fourth-order valence-electron chi connectivity index (χ4n) is 1.69. The first-order valence-electron chi connectivity index (χ1n) is 4.93. The molecule has 16 heavy (non-hydrogen) atoms.